The molecule has 0 fully saturated rings. The van der Waals surface area contributed by atoms with Crippen molar-refractivity contribution < 1.29 is 18.7 Å². The Morgan fingerprint density at radius 3 is 2.42 bits per heavy atom. The predicted molar refractivity (Wildman–Crippen MR) is 140 cm³/mol. The minimum Gasteiger partial charge on any atom is -0.484 e. The number of carbonyl (C=O) groups is 2. The zero-order valence-corrected chi connectivity index (χ0v) is 21.6. The number of hydrogen-bond donors (Lipinski definition) is 1. The van der Waals surface area contributed by atoms with E-state index in [0.717, 1.165) is 17.5 Å². The van der Waals surface area contributed by atoms with Crippen molar-refractivity contribution in [2.24, 2.45) is 0 Å². The largest absolute Gasteiger partial charge is 0.484 e. The molecule has 7 heteroatoms. The first kappa shape index (κ1) is 27.2. The molecule has 0 spiro atoms. The summed E-state index contributed by atoms with van der Waals surface area (Å²) in [6, 6.07) is 19.9. The van der Waals surface area contributed by atoms with Crippen LogP contribution in [0.5, 0.6) is 5.75 Å². The molecule has 1 N–H and O–H groups in total. The maximum atomic E-state index is 14.6. The van der Waals surface area contributed by atoms with E-state index in [1.165, 1.54) is 11.0 Å². The highest BCUT2D eigenvalue weighted by Crippen LogP contribution is 2.22. The molecule has 0 aromatic heterocycles. The molecule has 0 aliphatic rings. The Morgan fingerprint density at radius 1 is 1.06 bits per heavy atom. The summed E-state index contributed by atoms with van der Waals surface area (Å²) in [5.41, 5.74) is 2.03. The van der Waals surface area contributed by atoms with Crippen molar-refractivity contribution >= 4 is 23.4 Å². The van der Waals surface area contributed by atoms with Gasteiger partial charge in [-0.15, -0.1) is 0 Å². The molecule has 190 valence electrons. The van der Waals surface area contributed by atoms with Crippen LogP contribution in [0, 0.1) is 12.7 Å². The van der Waals surface area contributed by atoms with Crippen LogP contribution in [0.3, 0.4) is 0 Å². The number of amides is 2. The second-order valence-corrected chi connectivity index (χ2v) is 9.24. The van der Waals surface area contributed by atoms with E-state index in [2.05, 4.69) is 5.32 Å². The van der Waals surface area contributed by atoms with Crippen molar-refractivity contribution in [1.82, 2.24) is 10.2 Å². The van der Waals surface area contributed by atoms with Crippen LogP contribution in [-0.4, -0.2) is 35.4 Å². The summed E-state index contributed by atoms with van der Waals surface area (Å²) >= 11 is 6.10. The SMILES string of the molecule is CCC(C)NC(=O)C(Cc1ccccc1)N(Cc1ccccc1F)C(=O)COc1ccc(Cl)c(C)c1. The van der Waals surface area contributed by atoms with E-state index in [-0.39, 0.29) is 31.5 Å². The Labute approximate surface area is 217 Å². The molecule has 2 amide bonds. The number of nitrogens with one attached hydrogen (secondary N) is 1. The van der Waals surface area contributed by atoms with Gasteiger partial charge in [0.05, 0.1) is 0 Å². The Bertz CT molecular complexity index is 1170. The molecule has 0 saturated carbocycles. The highest BCUT2D eigenvalue weighted by Gasteiger charge is 2.31. The fourth-order valence-corrected chi connectivity index (χ4v) is 3.86. The van der Waals surface area contributed by atoms with E-state index in [4.69, 9.17) is 16.3 Å². The quantitative estimate of drug-likeness (QED) is 0.359. The molecule has 2 atom stereocenters. The standard InChI is InChI=1S/C29H32ClFN2O3/c1-4-21(3)32-29(35)27(17-22-10-6-5-7-11-22)33(18-23-12-8-9-13-26(23)31)28(34)19-36-24-14-15-25(30)20(2)16-24/h5-16,21,27H,4,17-19H2,1-3H3,(H,32,35). The topological polar surface area (TPSA) is 58.6 Å². The first-order valence-electron chi connectivity index (χ1n) is 12.0. The molecule has 3 aromatic rings. The van der Waals surface area contributed by atoms with Crippen LogP contribution in [0.25, 0.3) is 0 Å². The lowest BCUT2D eigenvalue weighted by Gasteiger charge is -2.32. The van der Waals surface area contributed by atoms with Crippen LogP contribution in [0.2, 0.25) is 5.02 Å². The number of hydrogen-bond acceptors (Lipinski definition) is 3. The fraction of sp³-hybridized carbons (Fsp3) is 0.310. The van der Waals surface area contributed by atoms with Gasteiger partial charge in [-0.25, -0.2) is 4.39 Å². The van der Waals surface area contributed by atoms with Gasteiger partial charge >= 0.3 is 0 Å². The van der Waals surface area contributed by atoms with Gasteiger partial charge in [0.25, 0.3) is 5.91 Å². The minimum atomic E-state index is -0.857. The van der Waals surface area contributed by atoms with Gasteiger partial charge in [-0.1, -0.05) is 67.1 Å². The summed E-state index contributed by atoms with van der Waals surface area (Å²) in [6.45, 7) is 5.35. The molecule has 3 rings (SSSR count). The van der Waals surface area contributed by atoms with E-state index in [1.807, 2.05) is 51.1 Å². The van der Waals surface area contributed by atoms with Crippen molar-refractivity contribution in [3.63, 3.8) is 0 Å². The molecule has 2 unspecified atom stereocenters. The summed E-state index contributed by atoms with van der Waals surface area (Å²) in [5, 5.41) is 3.59. The highest BCUT2D eigenvalue weighted by atomic mass is 35.5. The van der Waals surface area contributed by atoms with Crippen molar-refractivity contribution in [3.8, 4) is 5.75 Å². The first-order chi connectivity index (χ1) is 17.3. The Kier molecular flexibility index (Phi) is 9.88. The molecule has 0 bridgehead atoms. The van der Waals surface area contributed by atoms with E-state index >= 15 is 0 Å². The molecule has 0 radical (unpaired) electrons. The molecule has 0 saturated heterocycles. The van der Waals surface area contributed by atoms with Gasteiger partial charge in [-0.05, 0) is 55.7 Å². The molecule has 5 nitrogen and oxygen atoms in total. The number of ether oxygens (including phenoxy) is 1. The van der Waals surface area contributed by atoms with Gasteiger partial charge in [0.2, 0.25) is 5.91 Å². The number of carbonyl (C=O) groups excluding carboxylic acids is 2. The molecular formula is C29H32ClFN2O3. The second kappa shape index (κ2) is 13.1. The van der Waals surface area contributed by atoms with Gasteiger partial charge < -0.3 is 15.0 Å². The van der Waals surface area contributed by atoms with Gasteiger partial charge in [0.1, 0.15) is 17.6 Å². The van der Waals surface area contributed by atoms with E-state index in [9.17, 15) is 14.0 Å². The van der Waals surface area contributed by atoms with Gasteiger partial charge in [0, 0.05) is 29.6 Å². The van der Waals surface area contributed by atoms with E-state index in [1.54, 1.807) is 36.4 Å². The van der Waals surface area contributed by atoms with E-state index < -0.39 is 17.8 Å². The van der Waals surface area contributed by atoms with Crippen LogP contribution in [0.15, 0.2) is 72.8 Å². The van der Waals surface area contributed by atoms with Gasteiger partial charge in [-0.2, -0.15) is 0 Å². The summed E-state index contributed by atoms with van der Waals surface area (Å²) in [4.78, 5) is 28.4. The average molecular weight is 511 g/mol. The summed E-state index contributed by atoms with van der Waals surface area (Å²) in [5.74, 6) is -0.670. The summed E-state index contributed by atoms with van der Waals surface area (Å²) in [6.07, 6.45) is 1.02. The van der Waals surface area contributed by atoms with Crippen LogP contribution in [0.4, 0.5) is 4.39 Å². The predicted octanol–water partition coefficient (Wildman–Crippen LogP) is 5.72. The lowest BCUT2D eigenvalue weighted by atomic mass is 10.0. The average Bonchev–Trinajstić information content (AvgIpc) is 2.88. The van der Waals surface area contributed by atoms with Crippen LogP contribution in [-0.2, 0) is 22.6 Å². The van der Waals surface area contributed by atoms with Crippen molar-refractivity contribution in [2.75, 3.05) is 6.61 Å². The zero-order valence-electron chi connectivity index (χ0n) is 20.8. The summed E-state index contributed by atoms with van der Waals surface area (Å²) < 4.78 is 20.4. The summed E-state index contributed by atoms with van der Waals surface area (Å²) in [7, 11) is 0. The number of rotatable bonds is 11. The van der Waals surface area contributed by atoms with Gasteiger partial charge in [0.15, 0.2) is 6.61 Å². The normalized spacial score (nSPS) is 12.5. The van der Waals surface area contributed by atoms with Gasteiger partial charge in [-0.3, -0.25) is 9.59 Å². The number of benzene rings is 3. The maximum Gasteiger partial charge on any atom is 0.261 e. The smallest absolute Gasteiger partial charge is 0.261 e. The Hall–Kier alpha value is -3.38. The molecule has 36 heavy (non-hydrogen) atoms. The highest BCUT2D eigenvalue weighted by molar-refractivity contribution is 6.31. The zero-order chi connectivity index (χ0) is 26.1. The number of nitrogens with zero attached hydrogens (tertiary/aromatic N) is 1. The lowest BCUT2D eigenvalue weighted by molar-refractivity contribution is -0.143. The number of aryl methyl sites for hydroxylation is 1. The molecule has 3 aromatic carbocycles. The lowest BCUT2D eigenvalue weighted by Crippen LogP contribution is -2.53. The molecule has 0 heterocycles. The second-order valence-electron chi connectivity index (χ2n) is 8.84. The van der Waals surface area contributed by atoms with E-state index in [0.29, 0.717) is 16.3 Å². The van der Waals surface area contributed by atoms with Crippen molar-refractivity contribution in [1.29, 1.82) is 0 Å². The Balaban J connectivity index is 1.92. The van der Waals surface area contributed by atoms with Crippen LogP contribution in [0.1, 0.15) is 37.0 Å². The Morgan fingerprint density at radius 2 is 1.75 bits per heavy atom. The maximum absolute atomic E-state index is 14.6. The third-order valence-corrected chi connectivity index (χ3v) is 6.49. The van der Waals surface area contributed by atoms with Crippen molar-refractivity contribution in [3.05, 3.63) is 100 Å². The first-order valence-corrected chi connectivity index (χ1v) is 12.4. The van der Waals surface area contributed by atoms with Crippen molar-refractivity contribution in [2.45, 2.75) is 52.2 Å². The van der Waals surface area contributed by atoms with Crippen LogP contribution >= 0.6 is 11.6 Å². The minimum absolute atomic E-state index is 0.0695. The monoisotopic (exact) mass is 510 g/mol. The fourth-order valence-electron chi connectivity index (χ4n) is 3.74. The van der Waals surface area contributed by atoms with Crippen LogP contribution < -0.4 is 10.1 Å². The third kappa shape index (κ3) is 7.56. The molecular weight excluding hydrogens is 479 g/mol. The molecule has 0 aliphatic carbocycles. The number of halogens is 2. The third-order valence-electron chi connectivity index (χ3n) is 6.06. The molecule has 0 aliphatic heterocycles.